The van der Waals surface area contributed by atoms with E-state index in [9.17, 15) is 15.2 Å². The molecule has 0 unspecified atom stereocenters. The molecule has 0 fully saturated rings. The molecule has 2 aromatic heterocycles. The van der Waals surface area contributed by atoms with Crippen molar-refractivity contribution in [2.24, 2.45) is 0 Å². The molecule has 2 heterocycles. The van der Waals surface area contributed by atoms with E-state index in [0.717, 1.165) is 5.69 Å². The summed E-state index contributed by atoms with van der Waals surface area (Å²) in [4.78, 5) is 11.4. The lowest BCUT2D eigenvalue weighted by atomic mass is 10.1. The molecule has 0 aliphatic rings. The molecular weight excluding hydrogens is 356 g/mol. The maximum atomic E-state index is 11.4. The number of rotatable bonds is 6. The van der Waals surface area contributed by atoms with Gasteiger partial charge in [-0.2, -0.15) is 10.4 Å². The summed E-state index contributed by atoms with van der Waals surface area (Å²) in [5.41, 5.74) is 2.74. The summed E-state index contributed by atoms with van der Waals surface area (Å²) < 4.78 is 7.13. The Kier molecular flexibility index (Phi) is 5.14. The average Bonchev–Trinajstić information content (AvgIpc) is 3.05. The molecule has 0 radical (unpaired) electrons. The first-order valence-corrected chi connectivity index (χ1v) is 8.46. The smallest absolute Gasteiger partial charge is 0.337 e. The van der Waals surface area contributed by atoms with Crippen LogP contribution in [0.2, 0.25) is 0 Å². The number of carboxylic acid groups (broad SMARTS) is 1. The van der Waals surface area contributed by atoms with Crippen LogP contribution in [0.25, 0.3) is 5.52 Å². The van der Waals surface area contributed by atoms with Crippen LogP contribution in [-0.2, 0) is 0 Å². The van der Waals surface area contributed by atoms with E-state index in [1.807, 2.05) is 13.0 Å². The van der Waals surface area contributed by atoms with Crippen LogP contribution in [-0.4, -0.2) is 20.7 Å². The van der Waals surface area contributed by atoms with E-state index in [-0.39, 0.29) is 5.56 Å². The molecule has 3 rings (SSSR count). The van der Waals surface area contributed by atoms with Crippen LogP contribution in [0.4, 0.5) is 11.4 Å². The second-order valence-corrected chi connectivity index (χ2v) is 5.96. The molecule has 7 nitrogen and oxygen atoms in total. The van der Waals surface area contributed by atoms with Crippen molar-refractivity contribution in [1.29, 1.82) is 5.26 Å². The molecular formula is C21H18N4O3. The van der Waals surface area contributed by atoms with Crippen LogP contribution < -0.4 is 10.1 Å². The van der Waals surface area contributed by atoms with Crippen molar-refractivity contribution in [2.75, 3.05) is 5.32 Å². The standard InChI is InChI=1S/C21H18N4O3/c1-4-16(5-2)28-17-8-6-15(7-9-17)24-19-14(10-22)11-23-25-12-18(21(26)27)13(3)20(19)25/h4-9,11-12,24H,1H2,2-3H3,(H,26,27). The van der Waals surface area contributed by atoms with Crippen molar-refractivity contribution in [3.8, 4) is 11.8 Å². The fourth-order valence-electron chi connectivity index (χ4n) is 2.82. The van der Waals surface area contributed by atoms with Crippen molar-refractivity contribution in [3.05, 3.63) is 77.8 Å². The SMILES string of the molecule is C=CC(=CC)Oc1ccc(Nc2c(C#N)cnn3cc(C(=O)O)c(C)c23)cc1. The lowest BCUT2D eigenvalue weighted by Gasteiger charge is -2.12. The number of allylic oxidation sites excluding steroid dienone is 2. The summed E-state index contributed by atoms with van der Waals surface area (Å²) in [5, 5.41) is 26.2. The molecule has 28 heavy (non-hydrogen) atoms. The molecule has 0 amide bonds. The lowest BCUT2D eigenvalue weighted by Crippen LogP contribution is -2.01. The zero-order valence-electron chi connectivity index (χ0n) is 15.4. The number of hydrogen-bond acceptors (Lipinski definition) is 5. The van der Waals surface area contributed by atoms with Gasteiger partial charge in [-0.05, 0) is 55.8 Å². The molecule has 2 N–H and O–H groups in total. The van der Waals surface area contributed by atoms with E-state index in [0.29, 0.717) is 33.8 Å². The lowest BCUT2D eigenvalue weighted by molar-refractivity contribution is 0.0696. The molecule has 140 valence electrons. The second-order valence-electron chi connectivity index (χ2n) is 5.96. The molecule has 0 bridgehead atoms. The van der Waals surface area contributed by atoms with Gasteiger partial charge in [0.15, 0.2) is 0 Å². The summed E-state index contributed by atoms with van der Waals surface area (Å²) in [7, 11) is 0. The Morgan fingerprint density at radius 2 is 2.11 bits per heavy atom. The molecule has 1 aromatic carbocycles. The third-order valence-electron chi connectivity index (χ3n) is 4.25. The first-order chi connectivity index (χ1) is 13.5. The van der Waals surface area contributed by atoms with Crippen LogP contribution in [0, 0.1) is 18.3 Å². The number of ether oxygens (including phenoxy) is 1. The highest BCUT2D eigenvalue weighted by Crippen LogP contribution is 2.30. The Bertz CT molecular complexity index is 1140. The first kappa shape index (κ1) is 18.7. The molecule has 0 saturated heterocycles. The molecule has 0 aliphatic heterocycles. The highest BCUT2D eigenvalue weighted by Gasteiger charge is 2.19. The van der Waals surface area contributed by atoms with Gasteiger partial charge in [0, 0.05) is 11.9 Å². The monoisotopic (exact) mass is 374 g/mol. The Labute approximate surface area is 161 Å². The summed E-state index contributed by atoms with van der Waals surface area (Å²) in [6.07, 6.45) is 6.26. The van der Waals surface area contributed by atoms with Crippen molar-refractivity contribution >= 4 is 22.9 Å². The van der Waals surface area contributed by atoms with E-state index in [2.05, 4.69) is 23.1 Å². The first-order valence-electron chi connectivity index (χ1n) is 8.46. The number of anilines is 2. The Morgan fingerprint density at radius 3 is 2.68 bits per heavy atom. The number of aromatic nitrogens is 2. The second kappa shape index (κ2) is 7.68. The number of aromatic carboxylic acids is 1. The van der Waals surface area contributed by atoms with E-state index in [1.165, 1.54) is 16.9 Å². The number of carboxylic acids is 1. The molecule has 0 saturated carbocycles. The number of fused-ring (bicyclic) bond motifs is 1. The fourth-order valence-corrected chi connectivity index (χ4v) is 2.82. The predicted octanol–water partition coefficient (Wildman–Crippen LogP) is 4.42. The van der Waals surface area contributed by atoms with Gasteiger partial charge in [-0.3, -0.25) is 0 Å². The van der Waals surface area contributed by atoms with Gasteiger partial charge in [0.1, 0.15) is 17.6 Å². The van der Waals surface area contributed by atoms with Gasteiger partial charge in [-0.1, -0.05) is 6.58 Å². The van der Waals surface area contributed by atoms with Gasteiger partial charge in [0.2, 0.25) is 0 Å². The van der Waals surface area contributed by atoms with E-state index < -0.39 is 5.97 Å². The minimum Gasteiger partial charge on any atom is -0.478 e. The summed E-state index contributed by atoms with van der Waals surface area (Å²) in [6.45, 7) is 7.24. The summed E-state index contributed by atoms with van der Waals surface area (Å²) >= 11 is 0. The van der Waals surface area contributed by atoms with Crippen molar-refractivity contribution in [1.82, 2.24) is 9.61 Å². The topological polar surface area (TPSA) is 99.6 Å². The van der Waals surface area contributed by atoms with Gasteiger partial charge in [0.05, 0.1) is 28.5 Å². The average molecular weight is 374 g/mol. The fraction of sp³-hybridized carbons (Fsp3) is 0.0952. The zero-order valence-corrected chi connectivity index (χ0v) is 15.4. The third-order valence-corrected chi connectivity index (χ3v) is 4.25. The van der Waals surface area contributed by atoms with Crippen molar-refractivity contribution < 1.29 is 14.6 Å². The minimum atomic E-state index is -1.05. The minimum absolute atomic E-state index is 0.137. The number of nitrogens with zero attached hydrogens (tertiary/aromatic N) is 3. The molecule has 0 atom stereocenters. The maximum Gasteiger partial charge on any atom is 0.337 e. The van der Waals surface area contributed by atoms with Gasteiger partial charge < -0.3 is 15.2 Å². The molecule has 0 aliphatic carbocycles. The highest BCUT2D eigenvalue weighted by atomic mass is 16.5. The zero-order chi connectivity index (χ0) is 20.3. The number of hydrogen-bond donors (Lipinski definition) is 2. The van der Waals surface area contributed by atoms with Gasteiger partial charge >= 0.3 is 5.97 Å². The van der Waals surface area contributed by atoms with E-state index in [1.54, 1.807) is 37.3 Å². The van der Waals surface area contributed by atoms with Crippen LogP contribution in [0.5, 0.6) is 5.75 Å². The van der Waals surface area contributed by atoms with Crippen LogP contribution in [0.15, 0.2) is 61.1 Å². The van der Waals surface area contributed by atoms with Crippen LogP contribution >= 0.6 is 0 Å². The normalized spacial score (nSPS) is 11.1. The van der Waals surface area contributed by atoms with Crippen LogP contribution in [0.3, 0.4) is 0 Å². The van der Waals surface area contributed by atoms with Gasteiger partial charge in [-0.15, -0.1) is 0 Å². The highest BCUT2D eigenvalue weighted by molar-refractivity contribution is 5.96. The third kappa shape index (κ3) is 3.44. The maximum absolute atomic E-state index is 11.4. The summed E-state index contributed by atoms with van der Waals surface area (Å²) in [6, 6.07) is 9.28. The number of nitrogens with one attached hydrogen (secondary N) is 1. The van der Waals surface area contributed by atoms with Gasteiger partial charge in [-0.25, -0.2) is 9.31 Å². The molecule has 7 heteroatoms. The molecule has 0 spiro atoms. The largest absolute Gasteiger partial charge is 0.478 e. The Morgan fingerprint density at radius 1 is 1.39 bits per heavy atom. The Balaban J connectivity index is 2.01. The van der Waals surface area contributed by atoms with Gasteiger partial charge in [0.25, 0.3) is 0 Å². The van der Waals surface area contributed by atoms with Crippen molar-refractivity contribution in [2.45, 2.75) is 13.8 Å². The molecule has 3 aromatic rings. The number of carbonyl (C=O) groups is 1. The quantitative estimate of drug-likeness (QED) is 0.489. The van der Waals surface area contributed by atoms with Crippen molar-refractivity contribution in [3.63, 3.8) is 0 Å². The predicted molar refractivity (Wildman–Crippen MR) is 106 cm³/mol. The van der Waals surface area contributed by atoms with E-state index >= 15 is 0 Å². The van der Waals surface area contributed by atoms with E-state index in [4.69, 9.17) is 4.74 Å². The number of nitriles is 1. The number of aryl methyl sites for hydroxylation is 1. The summed E-state index contributed by atoms with van der Waals surface area (Å²) in [5.74, 6) is 0.246. The number of benzene rings is 1. The Hall–Kier alpha value is -4.05. The van der Waals surface area contributed by atoms with Crippen LogP contribution in [0.1, 0.15) is 28.4 Å².